The van der Waals surface area contributed by atoms with Crippen LogP contribution in [0.15, 0.2) is 54.7 Å². The Bertz CT molecular complexity index is 1210. The van der Waals surface area contributed by atoms with Crippen LogP contribution in [0, 0.1) is 11.3 Å². The van der Waals surface area contributed by atoms with Gasteiger partial charge in [-0.25, -0.2) is 14.6 Å². The van der Waals surface area contributed by atoms with E-state index in [1.54, 1.807) is 35.1 Å². The Hall–Kier alpha value is -4.12. The molecule has 142 valence electrons. The lowest BCUT2D eigenvalue weighted by Crippen LogP contribution is -2.03. The lowest BCUT2D eigenvalue weighted by atomic mass is 10.1. The van der Waals surface area contributed by atoms with Crippen molar-refractivity contribution in [3.8, 4) is 28.8 Å². The number of nitrogens with zero attached hydrogens (tertiary/aromatic N) is 7. The molecule has 1 aromatic carbocycles. The molecule has 29 heavy (non-hydrogen) atoms. The minimum Gasteiger partial charge on any atom is -0.384 e. The van der Waals surface area contributed by atoms with Gasteiger partial charge in [0.15, 0.2) is 5.82 Å². The Labute approximate surface area is 167 Å². The van der Waals surface area contributed by atoms with Gasteiger partial charge < -0.3 is 5.73 Å². The predicted molar refractivity (Wildman–Crippen MR) is 108 cm³/mol. The molecule has 0 saturated carbocycles. The average Bonchev–Trinajstić information content (AvgIpc) is 3.22. The Morgan fingerprint density at radius 2 is 1.83 bits per heavy atom. The molecule has 2 N–H and O–H groups in total. The molecular formula is C21H18N8. The first-order valence-electron chi connectivity index (χ1n) is 9.15. The van der Waals surface area contributed by atoms with E-state index in [2.05, 4.69) is 38.3 Å². The number of nitrogens with two attached hydrogens (primary N) is 1. The van der Waals surface area contributed by atoms with Gasteiger partial charge in [-0.1, -0.05) is 30.3 Å². The van der Waals surface area contributed by atoms with Crippen molar-refractivity contribution in [3.63, 3.8) is 0 Å². The van der Waals surface area contributed by atoms with Crippen LogP contribution in [0.3, 0.4) is 0 Å². The van der Waals surface area contributed by atoms with Gasteiger partial charge in [-0.3, -0.25) is 4.98 Å². The number of aryl methyl sites for hydroxylation is 1. The van der Waals surface area contributed by atoms with Crippen LogP contribution < -0.4 is 5.73 Å². The fourth-order valence-corrected chi connectivity index (χ4v) is 2.93. The molecule has 3 heterocycles. The first-order valence-corrected chi connectivity index (χ1v) is 9.15. The van der Waals surface area contributed by atoms with E-state index in [0.29, 0.717) is 40.7 Å². The van der Waals surface area contributed by atoms with Crippen LogP contribution in [0.5, 0.6) is 0 Å². The minimum absolute atomic E-state index is 0.319. The van der Waals surface area contributed by atoms with Gasteiger partial charge >= 0.3 is 0 Å². The summed E-state index contributed by atoms with van der Waals surface area (Å²) in [4.78, 5) is 13.4. The van der Waals surface area contributed by atoms with Gasteiger partial charge in [-0.2, -0.15) is 5.26 Å². The molecule has 0 amide bonds. The highest BCUT2D eigenvalue weighted by Gasteiger charge is 2.11. The lowest BCUT2D eigenvalue weighted by molar-refractivity contribution is 0.636. The molecule has 0 bridgehead atoms. The molecule has 4 aromatic rings. The summed E-state index contributed by atoms with van der Waals surface area (Å²) >= 11 is 0. The Kier molecular flexibility index (Phi) is 4.95. The third-order valence-electron chi connectivity index (χ3n) is 4.35. The number of aromatic nitrogens is 6. The maximum absolute atomic E-state index is 9.11. The van der Waals surface area contributed by atoms with E-state index in [-0.39, 0.29) is 0 Å². The molecule has 4 rings (SSSR count). The molecule has 0 spiro atoms. The molecule has 0 saturated heterocycles. The summed E-state index contributed by atoms with van der Waals surface area (Å²) in [5.41, 5.74) is 10.3. The smallest absolute Gasteiger partial charge is 0.162 e. The summed E-state index contributed by atoms with van der Waals surface area (Å²) in [6, 6.07) is 16.8. The number of pyridine rings is 1. The van der Waals surface area contributed by atoms with Crippen molar-refractivity contribution < 1.29 is 0 Å². The molecular weight excluding hydrogens is 364 g/mol. The van der Waals surface area contributed by atoms with Crippen LogP contribution in [0.4, 0.5) is 5.82 Å². The molecule has 0 aliphatic carbocycles. The zero-order chi connectivity index (χ0) is 20.2. The Balaban J connectivity index is 1.64. The number of hydrogen-bond acceptors (Lipinski definition) is 7. The van der Waals surface area contributed by atoms with E-state index in [1.807, 2.05) is 24.3 Å². The average molecular weight is 382 g/mol. The number of rotatable bonds is 5. The third kappa shape index (κ3) is 4.09. The fraction of sp³-hybridized carbons (Fsp3) is 0.143. The second-order valence-corrected chi connectivity index (χ2v) is 6.47. The number of nitrogen functional groups attached to an aromatic ring is 1. The summed E-state index contributed by atoms with van der Waals surface area (Å²) in [5.74, 6) is 0.753. The highest BCUT2D eigenvalue weighted by molar-refractivity contribution is 5.65. The summed E-state index contributed by atoms with van der Waals surface area (Å²) in [6.45, 7) is 2.58. The Morgan fingerprint density at radius 3 is 2.66 bits per heavy atom. The quantitative estimate of drug-likeness (QED) is 0.563. The van der Waals surface area contributed by atoms with Gasteiger partial charge in [-0.15, -0.1) is 5.10 Å². The van der Waals surface area contributed by atoms with Gasteiger partial charge in [0, 0.05) is 17.3 Å². The summed E-state index contributed by atoms with van der Waals surface area (Å²) in [7, 11) is 0. The highest BCUT2D eigenvalue weighted by Crippen LogP contribution is 2.22. The molecule has 0 unspecified atom stereocenters. The van der Waals surface area contributed by atoms with Crippen LogP contribution in [0.25, 0.3) is 22.8 Å². The SMILES string of the molecule is CCc1cccc(Cn2cc(-c3cc(N)nc(-c4cccc(C#N)c4)n3)nn2)n1. The molecule has 8 heteroatoms. The van der Waals surface area contributed by atoms with E-state index in [1.165, 1.54) is 0 Å². The topological polar surface area (TPSA) is 119 Å². The number of benzene rings is 1. The monoisotopic (exact) mass is 382 g/mol. The first-order chi connectivity index (χ1) is 14.1. The Morgan fingerprint density at radius 1 is 1.00 bits per heavy atom. The number of nitriles is 1. The van der Waals surface area contributed by atoms with Gasteiger partial charge in [-0.05, 0) is 30.7 Å². The van der Waals surface area contributed by atoms with Crippen LogP contribution in [0.1, 0.15) is 23.9 Å². The van der Waals surface area contributed by atoms with Crippen molar-refractivity contribution in [2.75, 3.05) is 5.73 Å². The maximum atomic E-state index is 9.11. The van der Waals surface area contributed by atoms with Crippen molar-refractivity contribution in [2.24, 2.45) is 0 Å². The van der Waals surface area contributed by atoms with E-state index >= 15 is 0 Å². The molecule has 0 atom stereocenters. The van der Waals surface area contributed by atoms with Crippen LogP contribution in [0.2, 0.25) is 0 Å². The van der Waals surface area contributed by atoms with Crippen molar-refractivity contribution in [1.82, 2.24) is 29.9 Å². The van der Waals surface area contributed by atoms with E-state index < -0.39 is 0 Å². The standard InChI is InChI=1S/C21H18N8/c1-2-16-7-4-8-17(24-16)12-29-13-19(27-28-29)18-10-20(23)26-21(25-18)15-6-3-5-14(9-15)11-22/h3-10,13H,2,12H2,1H3,(H2,23,25,26). The van der Waals surface area contributed by atoms with E-state index in [4.69, 9.17) is 11.0 Å². The minimum atomic E-state index is 0.319. The van der Waals surface area contributed by atoms with Crippen LogP contribution in [-0.4, -0.2) is 29.9 Å². The second kappa shape index (κ2) is 7.86. The highest BCUT2D eigenvalue weighted by atomic mass is 15.4. The van der Waals surface area contributed by atoms with Crippen LogP contribution >= 0.6 is 0 Å². The van der Waals surface area contributed by atoms with Crippen molar-refractivity contribution in [2.45, 2.75) is 19.9 Å². The third-order valence-corrected chi connectivity index (χ3v) is 4.35. The first kappa shape index (κ1) is 18.3. The van der Waals surface area contributed by atoms with E-state index in [0.717, 1.165) is 17.8 Å². The summed E-state index contributed by atoms with van der Waals surface area (Å²) < 4.78 is 1.71. The fourth-order valence-electron chi connectivity index (χ4n) is 2.93. The second-order valence-electron chi connectivity index (χ2n) is 6.47. The predicted octanol–water partition coefficient (Wildman–Crippen LogP) is 2.86. The normalized spacial score (nSPS) is 10.6. The number of hydrogen-bond donors (Lipinski definition) is 1. The van der Waals surface area contributed by atoms with Crippen molar-refractivity contribution in [1.29, 1.82) is 5.26 Å². The maximum Gasteiger partial charge on any atom is 0.162 e. The van der Waals surface area contributed by atoms with Gasteiger partial charge in [0.25, 0.3) is 0 Å². The molecule has 0 aliphatic rings. The van der Waals surface area contributed by atoms with Gasteiger partial charge in [0.05, 0.1) is 35.8 Å². The molecule has 0 fully saturated rings. The molecule has 8 nitrogen and oxygen atoms in total. The van der Waals surface area contributed by atoms with Crippen molar-refractivity contribution in [3.05, 3.63) is 71.7 Å². The largest absolute Gasteiger partial charge is 0.384 e. The lowest BCUT2D eigenvalue weighted by Gasteiger charge is -2.04. The molecule has 0 aliphatic heterocycles. The summed E-state index contributed by atoms with van der Waals surface area (Å²) in [6.07, 6.45) is 2.68. The molecule has 0 radical (unpaired) electrons. The van der Waals surface area contributed by atoms with Gasteiger partial charge in [0.1, 0.15) is 11.5 Å². The zero-order valence-corrected chi connectivity index (χ0v) is 15.8. The van der Waals surface area contributed by atoms with Gasteiger partial charge in [0.2, 0.25) is 0 Å². The number of anilines is 1. The molecule has 3 aromatic heterocycles. The van der Waals surface area contributed by atoms with Crippen LogP contribution in [-0.2, 0) is 13.0 Å². The van der Waals surface area contributed by atoms with Crippen molar-refractivity contribution >= 4 is 5.82 Å². The zero-order valence-electron chi connectivity index (χ0n) is 15.8. The van der Waals surface area contributed by atoms with E-state index in [9.17, 15) is 0 Å². The summed E-state index contributed by atoms with van der Waals surface area (Å²) in [5, 5.41) is 17.5.